The molecular weight excluding hydrogens is 360 g/mol. The van der Waals surface area contributed by atoms with Gasteiger partial charge in [0, 0.05) is 19.0 Å². The number of aliphatic carboxylic acids is 1. The van der Waals surface area contributed by atoms with Crippen molar-refractivity contribution in [1.82, 2.24) is 19.5 Å². The topological polar surface area (TPSA) is 123 Å². The highest BCUT2D eigenvalue weighted by Gasteiger charge is 2.26. The number of rotatable bonds is 9. The van der Waals surface area contributed by atoms with Crippen molar-refractivity contribution >= 4 is 16.0 Å². The highest BCUT2D eigenvalue weighted by atomic mass is 32.2. The Hall–Kier alpha value is -2.46. The van der Waals surface area contributed by atoms with E-state index in [0.717, 1.165) is 0 Å². The molecule has 0 saturated carbocycles. The van der Waals surface area contributed by atoms with E-state index in [9.17, 15) is 13.2 Å². The van der Waals surface area contributed by atoms with Gasteiger partial charge in [-0.15, -0.1) is 0 Å². The predicted molar refractivity (Wildman–Crippen MR) is 93.0 cm³/mol. The van der Waals surface area contributed by atoms with E-state index in [1.54, 1.807) is 37.7 Å². The average molecular weight is 382 g/mol. The molecule has 142 valence electrons. The van der Waals surface area contributed by atoms with Crippen LogP contribution in [0.5, 0.6) is 5.75 Å². The number of nitrogens with zero attached hydrogens (tertiary/aromatic N) is 3. The summed E-state index contributed by atoms with van der Waals surface area (Å²) in [4.78, 5) is 14.8. The number of hydrogen-bond donors (Lipinski definition) is 2. The molecule has 0 bridgehead atoms. The minimum absolute atomic E-state index is 0.0758. The van der Waals surface area contributed by atoms with Crippen LogP contribution in [0.3, 0.4) is 0 Å². The van der Waals surface area contributed by atoms with Crippen molar-refractivity contribution in [3.63, 3.8) is 0 Å². The number of aromatic nitrogens is 3. The monoisotopic (exact) mass is 382 g/mol. The zero-order valence-electron chi connectivity index (χ0n) is 14.8. The molecule has 2 rings (SSSR count). The fourth-order valence-corrected chi connectivity index (χ4v) is 3.65. The molecule has 0 radical (unpaired) electrons. The lowest BCUT2D eigenvalue weighted by Gasteiger charge is -2.25. The first kappa shape index (κ1) is 19.9. The van der Waals surface area contributed by atoms with Crippen LogP contribution in [0.2, 0.25) is 0 Å². The third-order valence-corrected chi connectivity index (χ3v) is 5.40. The van der Waals surface area contributed by atoms with Crippen LogP contribution in [0.25, 0.3) is 0 Å². The number of aryl methyl sites for hydroxylation is 1. The lowest BCUT2D eigenvalue weighted by molar-refractivity contribution is -0.137. The van der Waals surface area contributed by atoms with E-state index in [1.807, 2.05) is 0 Å². The van der Waals surface area contributed by atoms with Crippen LogP contribution in [-0.2, 0) is 28.5 Å². The van der Waals surface area contributed by atoms with Crippen molar-refractivity contribution in [2.45, 2.75) is 43.7 Å². The summed E-state index contributed by atoms with van der Waals surface area (Å²) in [5, 5.41) is 12.7. The van der Waals surface area contributed by atoms with Crippen LogP contribution in [0.15, 0.2) is 35.5 Å². The number of sulfonamides is 1. The van der Waals surface area contributed by atoms with Gasteiger partial charge < -0.3 is 9.84 Å². The van der Waals surface area contributed by atoms with Crippen molar-refractivity contribution in [1.29, 1.82) is 0 Å². The molecule has 1 heterocycles. The molecule has 9 nitrogen and oxygen atoms in total. The molecule has 0 amide bonds. The largest absolute Gasteiger partial charge is 0.486 e. The van der Waals surface area contributed by atoms with Gasteiger partial charge >= 0.3 is 5.97 Å². The summed E-state index contributed by atoms with van der Waals surface area (Å²) in [6.07, 6.45) is 1.48. The minimum atomic E-state index is -3.77. The number of hydrogen-bond acceptors (Lipinski definition) is 6. The Bertz CT molecular complexity index is 859. The van der Waals surface area contributed by atoms with E-state index in [1.165, 1.54) is 18.5 Å². The van der Waals surface area contributed by atoms with Crippen LogP contribution in [-0.4, -0.2) is 39.8 Å². The fourth-order valence-electron chi connectivity index (χ4n) is 2.21. The molecule has 10 heteroatoms. The number of nitrogens with one attached hydrogen (secondary N) is 1. The van der Waals surface area contributed by atoms with Gasteiger partial charge in [-0.2, -0.15) is 5.10 Å². The standard InChI is InChI=1S/C16H22N4O5S/c1-16(2,9-8-15(21)22)19-26(23,24)13-6-4-12(5-7-13)25-10-14-17-11-18-20(14)3/h4-7,11,19H,8-10H2,1-3H3,(H,21,22). The number of carboxylic acid groups (broad SMARTS) is 1. The van der Waals surface area contributed by atoms with E-state index in [2.05, 4.69) is 14.8 Å². The Kier molecular flexibility index (Phi) is 5.98. The summed E-state index contributed by atoms with van der Waals surface area (Å²) in [7, 11) is -2.02. The SMILES string of the molecule is Cn1ncnc1COc1ccc(S(=O)(=O)NC(C)(C)CCC(=O)O)cc1. The summed E-state index contributed by atoms with van der Waals surface area (Å²) in [6, 6.07) is 5.97. The average Bonchev–Trinajstić information content (AvgIpc) is 2.96. The van der Waals surface area contributed by atoms with Gasteiger partial charge in [-0.25, -0.2) is 18.1 Å². The Morgan fingerprint density at radius 2 is 1.96 bits per heavy atom. The minimum Gasteiger partial charge on any atom is -0.486 e. The smallest absolute Gasteiger partial charge is 0.303 e. The van der Waals surface area contributed by atoms with Crippen LogP contribution in [0, 0.1) is 0 Å². The van der Waals surface area contributed by atoms with Gasteiger partial charge in [0.15, 0.2) is 5.82 Å². The van der Waals surface area contributed by atoms with Gasteiger partial charge in [-0.05, 0) is 44.5 Å². The van der Waals surface area contributed by atoms with E-state index < -0.39 is 21.5 Å². The molecule has 1 aromatic carbocycles. The quantitative estimate of drug-likeness (QED) is 0.670. The first-order valence-electron chi connectivity index (χ1n) is 7.90. The Morgan fingerprint density at radius 3 is 2.50 bits per heavy atom. The third kappa shape index (κ3) is 5.53. The van der Waals surface area contributed by atoms with Gasteiger partial charge in [0.05, 0.1) is 4.90 Å². The first-order chi connectivity index (χ1) is 12.1. The Balaban J connectivity index is 2.01. The Labute approximate surface area is 152 Å². The van der Waals surface area contributed by atoms with Gasteiger partial charge in [-0.1, -0.05) is 0 Å². The lowest BCUT2D eigenvalue weighted by Crippen LogP contribution is -2.43. The summed E-state index contributed by atoms with van der Waals surface area (Å²) < 4.78 is 34.6. The fraction of sp³-hybridized carbons (Fsp3) is 0.438. The number of carboxylic acids is 1. The first-order valence-corrected chi connectivity index (χ1v) is 9.39. The predicted octanol–water partition coefficient (Wildman–Crippen LogP) is 1.32. The molecule has 0 fully saturated rings. The zero-order valence-corrected chi connectivity index (χ0v) is 15.7. The van der Waals surface area contributed by atoms with Gasteiger partial charge in [0.1, 0.15) is 18.7 Å². The molecule has 2 aromatic rings. The van der Waals surface area contributed by atoms with Crippen molar-refractivity contribution in [2.75, 3.05) is 0 Å². The molecule has 1 aromatic heterocycles. The second-order valence-corrected chi connectivity index (χ2v) is 8.13. The molecule has 0 aliphatic rings. The maximum Gasteiger partial charge on any atom is 0.303 e. The van der Waals surface area contributed by atoms with Crippen molar-refractivity contribution in [3.8, 4) is 5.75 Å². The van der Waals surface area contributed by atoms with Crippen molar-refractivity contribution in [3.05, 3.63) is 36.4 Å². The molecule has 0 aliphatic heterocycles. The van der Waals surface area contributed by atoms with Crippen molar-refractivity contribution in [2.24, 2.45) is 7.05 Å². The zero-order chi connectivity index (χ0) is 19.4. The van der Waals surface area contributed by atoms with Crippen molar-refractivity contribution < 1.29 is 23.1 Å². The van der Waals surface area contributed by atoms with Crippen LogP contribution in [0.4, 0.5) is 0 Å². The van der Waals surface area contributed by atoms with E-state index in [4.69, 9.17) is 9.84 Å². The lowest BCUT2D eigenvalue weighted by atomic mass is 10.0. The van der Waals surface area contributed by atoms with Crippen LogP contribution < -0.4 is 9.46 Å². The number of benzene rings is 1. The van der Waals surface area contributed by atoms with Crippen LogP contribution >= 0.6 is 0 Å². The molecule has 0 aliphatic carbocycles. The second-order valence-electron chi connectivity index (χ2n) is 6.44. The third-order valence-electron chi connectivity index (χ3n) is 3.68. The van der Waals surface area contributed by atoms with Gasteiger partial charge in [0.2, 0.25) is 10.0 Å². The summed E-state index contributed by atoms with van der Waals surface area (Å²) >= 11 is 0. The Morgan fingerprint density at radius 1 is 1.31 bits per heavy atom. The molecule has 26 heavy (non-hydrogen) atoms. The van der Waals surface area contributed by atoms with E-state index in [0.29, 0.717) is 11.6 Å². The maximum atomic E-state index is 12.5. The summed E-state index contributed by atoms with van der Waals surface area (Å²) in [5.41, 5.74) is -0.877. The molecule has 0 saturated heterocycles. The number of carbonyl (C=O) groups is 1. The van der Waals surface area contributed by atoms with Gasteiger partial charge in [0.25, 0.3) is 0 Å². The molecule has 0 spiro atoms. The highest BCUT2D eigenvalue weighted by molar-refractivity contribution is 7.89. The molecular formula is C16H22N4O5S. The van der Waals surface area contributed by atoms with E-state index >= 15 is 0 Å². The molecule has 2 N–H and O–H groups in total. The van der Waals surface area contributed by atoms with Crippen LogP contribution in [0.1, 0.15) is 32.5 Å². The normalized spacial score (nSPS) is 12.1. The van der Waals surface area contributed by atoms with E-state index in [-0.39, 0.29) is 24.3 Å². The highest BCUT2D eigenvalue weighted by Crippen LogP contribution is 2.20. The summed E-state index contributed by atoms with van der Waals surface area (Å²) in [6.45, 7) is 3.50. The number of ether oxygens (including phenoxy) is 1. The van der Waals surface area contributed by atoms with Gasteiger partial charge in [-0.3, -0.25) is 9.48 Å². The maximum absolute atomic E-state index is 12.5. The summed E-state index contributed by atoms with van der Waals surface area (Å²) in [5.74, 6) is 0.169. The molecule has 0 unspecified atom stereocenters. The second kappa shape index (κ2) is 7.83. The molecule has 0 atom stereocenters.